The molecular formula is C16H26N2O2S. The number of hydrogen-bond donors (Lipinski definition) is 2. The van der Waals surface area contributed by atoms with Crippen LogP contribution in [0.4, 0.5) is 5.69 Å². The van der Waals surface area contributed by atoms with E-state index in [0.717, 1.165) is 12.0 Å². The average molecular weight is 310 g/mol. The molecule has 0 amide bonds. The van der Waals surface area contributed by atoms with Crippen molar-refractivity contribution in [3.8, 4) is 0 Å². The quantitative estimate of drug-likeness (QED) is 0.821. The van der Waals surface area contributed by atoms with E-state index in [-0.39, 0.29) is 4.90 Å². The zero-order chi connectivity index (χ0) is 15.5. The van der Waals surface area contributed by atoms with Crippen LogP contribution in [0.2, 0.25) is 0 Å². The molecule has 1 saturated carbocycles. The van der Waals surface area contributed by atoms with Gasteiger partial charge in [-0.25, -0.2) is 13.1 Å². The van der Waals surface area contributed by atoms with Crippen LogP contribution in [0.5, 0.6) is 0 Å². The van der Waals surface area contributed by atoms with Gasteiger partial charge >= 0.3 is 0 Å². The Balaban J connectivity index is 2.03. The number of sulfonamides is 1. The fourth-order valence-corrected chi connectivity index (χ4v) is 4.58. The van der Waals surface area contributed by atoms with Gasteiger partial charge in [-0.2, -0.15) is 0 Å². The van der Waals surface area contributed by atoms with Gasteiger partial charge in [0.2, 0.25) is 10.0 Å². The molecule has 0 radical (unpaired) electrons. The van der Waals surface area contributed by atoms with Crippen LogP contribution in [0.15, 0.2) is 17.0 Å². The highest BCUT2D eigenvalue weighted by Crippen LogP contribution is 2.27. The van der Waals surface area contributed by atoms with Crippen molar-refractivity contribution in [1.82, 2.24) is 4.72 Å². The van der Waals surface area contributed by atoms with E-state index >= 15 is 0 Å². The fraction of sp³-hybridized carbons (Fsp3) is 0.625. The predicted octanol–water partition coefficient (Wildman–Crippen LogP) is 3.13. The van der Waals surface area contributed by atoms with Crippen LogP contribution in [-0.4, -0.2) is 15.0 Å². The normalized spacial score (nSPS) is 17.0. The highest BCUT2D eigenvalue weighted by Gasteiger charge is 2.21. The molecule has 5 heteroatoms. The molecule has 1 aliphatic rings. The lowest BCUT2D eigenvalue weighted by molar-refractivity contribution is 0.339. The second-order valence-electron chi connectivity index (χ2n) is 6.13. The summed E-state index contributed by atoms with van der Waals surface area (Å²) in [4.78, 5) is 0.242. The van der Waals surface area contributed by atoms with Gasteiger partial charge in [-0.15, -0.1) is 0 Å². The van der Waals surface area contributed by atoms with Crippen molar-refractivity contribution < 1.29 is 8.42 Å². The van der Waals surface area contributed by atoms with E-state index in [0.29, 0.717) is 23.7 Å². The average Bonchev–Trinajstić information content (AvgIpc) is 2.44. The van der Waals surface area contributed by atoms with Crippen molar-refractivity contribution in [2.75, 3.05) is 12.3 Å². The summed E-state index contributed by atoms with van der Waals surface area (Å²) >= 11 is 0. The maximum Gasteiger partial charge on any atom is 0.242 e. The minimum absolute atomic E-state index is 0.242. The highest BCUT2D eigenvalue weighted by molar-refractivity contribution is 7.89. The fourth-order valence-electron chi connectivity index (χ4n) is 3.11. The van der Waals surface area contributed by atoms with Crippen molar-refractivity contribution in [3.63, 3.8) is 0 Å². The Kier molecular flexibility index (Phi) is 5.27. The first-order valence-corrected chi connectivity index (χ1v) is 9.25. The summed E-state index contributed by atoms with van der Waals surface area (Å²) in [6.07, 6.45) is 7.26. The van der Waals surface area contributed by atoms with Crippen molar-refractivity contribution in [2.45, 2.75) is 57.3 Å². The van der Waals surface area contributed by atoms with Crippen molar-refractivity contribution >= 4 is 15.7 Å². The summed E-state index contributed by atoms with van der Waals surface area (Å²) in [6, 6.07) is 3.66. The number of aryl methyl sites for hydroxylation is 2. The summed E-state index contributed by atoms with van der Waals surface area (Å²) in [7, 11) is -3.52. The molecular weight excluding hydrogens is 284 g/mol. The second kappa shape index (κ2) is 6.79. The maximum atomic E-state index is 12.5. The number of benzene rings is 1. The third-order valence-electron chi connectivity index (χ3n) is 4.45. The van der Waals surface area contributed by atoms with Crippen LogP contribution >= 0.6 is 0 Å². The predicted molar refractivity (Wildman–Crippen MR) is 86.7 cm³/mol. The number of rotatable bonds is 5. The van der Waals surface area contributed by atoms with Crippen molar-refractivity contribution in [2.24, 2.45) is 5.92 Å². The van der Waals surface area contributed by atoms with Crippen LogP contribution < -0.4 is 10.5 Å². The number of nitrogen functional groups attached to an aromatic ring is 1. The molecule has 0 aliphatic heterocycles. The standard InChI is InChI=1S/C16H26N2O2S/c1-12-8-9-13(2)16(15(12)17)21(19,20)18-11-10-14-6-4-3-5-7-14/h8-9,14,18H,3-7,10-11,17H2,1-2H3. The van der Waals surface area contributed by atoms with Gasteiger partial charge in [-0.3, -0.25) is 0 Å². The molecule has 1 aromatic rings. The number of nitrogens with two attached hydrogens (primary N) is 1. The first-order valence-electron chi connectivity index (χ1n) is 7.77. The molecule has 0 saturated heterocycles. The Bertz CT molecular complexity index is 591. The van der Waals surface area contributed by atoms with Gasteiger partial charge in [0.1, 0.15) is 4.90 Å². The SMILES string of the molecule is Cc1ccc(C)c(S(=O)(=O)NCCC2CCCCC2)c1N. The summed E-state index contributed by atoms with van der Waals surface area (Å²) in [5, 5.41) is 0. The summed E-state index contributed by atoms with van der Waals surface area (Å²) in [5.74, 6) is 0.664. The van der Waals surface area contributed by atoms with Gasteiger partial charge in [0, 0.05) is 6.54 Å². The van der Waals surface area contributed by atoms with E-state index in [1.807, 2.05) is 13.0 Å². The summed E-state index contributed by atoms with van der Waals surface area (Å²) in [5.41, 5.74) is 7.82. The van der Waals surface area contributed by atoms with Gasteiger partial charge in [-0.1, -0.05) is 44.2 Å². The molecule has 0 aromatic heterocycles. The third-order valence-corrected chi connectivity index (χ3v) is 6.11. The molecule has 1 aromatic carbocycles. The van der Waals surface area contributed by atoms with Crippen LogP contribution in [-0.2, 0) is 10.0 Å². The number of hydrogen-bond acceptors (Lipinski definition) is 3. The molecule has 0 spiro atoms. The van der Waals surface area contributed by atoms with Crippen LogP contribution in [0.3, 0.4) is 0 Å². The zero-order valence-electron chi connectivity index (χ0n) is 13.0. The van der Waals surface area contributed by atoms with Crippen LogP contribution in [0, 0.1) is 19.8 Å². The van der Waals surface area contributed by atoms with E-state index in [1.54, 1.807) is 13.0 Å². The summed E-state index contributed by atoms with van der Waals surface area (Å²) < 4.78 is 27.7. The van der Waals surface area contributed by atoms with Crippen molar-refractivity contribution in [3.05, 3.63) is 23.3 Å². The Labute approximate surface area is 128 Å². The molecule has 21 heavy (non-hydrogen) atoms. The minimum Gasteiger partial charge on any atom is -0.397 e. The number of nitrogens with one attached hydrogen (secondary N) is 1. The molecule has 0 unspecified atom stereocenters. The lowest BCUT2D eigenvalue weighted by atomic mass is 9.87. The molecule has 3 N–H and O–H groups in total. The third kappa shape index (κ3) is 3.98. The smallest absolute Gasteiger partial charge is 0.242 e. The van der Waals surface area contributed by atoms with E-state index in [9.17, 15) is 8.42 Å². The topological polar surface area (TPSA) is 72.2 Å². The highest BCUT2D eigenvalue weighted by atomic mass is 32.2. The Hall–Kier alpha value is -1.07. The molecule has 0 heterocycles. The first-order chi connectivity index (χ1) is 9.92. The minimum atomic E-state index is -3.52. The van der Waals surface area contributed by atoms with Gasteiger partial charge in [0.15, 0.2) is 0 Å². The Morgan fingerprint density at radius 2 is 1.76 bits per heavy atom. The molecule has 0 bridgehead atoms. The lowest BCUT2D eigenvalue weighted by Crippen LogP contribution is -2.28. The number of anilines is 1. The Morgan fingerprint density at radius 3 is 2.43 bits per heavy atom. The van der Waals surface area contributed by atoms with Crippen molar-refractivity contribution in [1.29, 1.82) is 0 Å². The van der Waals surface area contributed by atoms with E-state index in [1.165, 1.54) is 32.1 Å². The van der Waals surface area contributed by atoms with E-state index < -0.39 is 10.0 Å². The molecule has 1 aliphatic carbocycles. The van der Waals surface area contributed by atoms with E-state index in [4.69, 9.17) is 5.73 Å². The second-order valence-corrected chi connectivity index (χ2v) is 7.84. The van der Waals surface area contributed by atoms with Gasteiger partial charge in [0.25, 0.3) is 0 Å². The first kappa shape index (κ1) is 16.3. The largest absolute Gasteiger partial charge is 0.397 e. The van der Waals surface area contributed by atoms with E-state index in [2.05, 4.69) is 4.72 Å². The summed E-state index contributed by atoms with van der Waals surface area (Å²) in [6.45, 7) is 4.11. The molecule has 1 fully saturated rings. The maximum absolute atomic E-state index is 12.5. The van der Waals surface area contributed by atoms with Gasteiger partial charge < -0.3 is 5.73 Å². The molecule has 0 atom stereocenters. The van der Waals surface area contributed by atoms with Crippen LogP contribution in [0.1, 0.15) is 49.7 Å². The van der Waals surface area contributed by atoms with Crippen LogP contribution in [0.25, 0.3) is 0 Å². The Morgan fingerprint density at radius 1 is 1.14 bits per heavy atom. The lowest BCUT2D eigenvalue weighted by Gasteiger charge is -2.21. The zero-order valence-corrected chi connectivity index (χ0v) is 13.8. The van der Waals surface area contributed by atoms with Gasteiger partial charge in [-0.05, 0) is 37.3 Å². The monoisotopic (exact) mass is 310 g/mol. The molecule has 118 valence electrons. The van der Waals surface area contributed by atoms with Gasteiger partial charge in [0.05, 0.1) is 5.69 Å². The molecule has 2 rings (SSSR count). The molecule has 4 nitrogen and oxygen atoms in total.